The molecule has 4 nitrogen and oxygen atoms in total. The Hall–Kier alpha value is -0.840. The standard InChI is InChI=1S/C8H11BrN2O2/c1-3-6(9)8(12)10-7-4-5(2)13-11-7/h4,6H,3H2,1-2H3,(H,10,11,12)/t6-/m0/s1. The molecular weight excluding hydrogens is 236 g/mol. The number of hydrogen-bond acceptors (Lipinski definition) is 3. The topological polar surface area (TPSA) is 55.1 Å². The first-order chi connectivity index (χ1) is 6.13. The summed E-state index contributed by atoms with van der Waals surface area (Å²) >= 11 is 3.24. The van der Waals surface area contributed by atoms with Crippen molar-refractivity contribution in [2.75, 3.05) is 5.32 Å². The Kier molecular flexibility index (Phi) is 3.48. The molecule has 0 fully saturated rings. The van der Waals surface area contributed by atoms with E-state index in [9.17, 15) is 4.79 Å². The molecule has 0 aliphatic heterocycles. The molecular formula is C8H11BrN2O2. The van der Waals surface area contributed by atoms with Crippen molar-refractivity contribution in [2.24, 2.45) is 0 Å². The van der Waals surface area contributed by atoms with Crippen molar-refractivity contribution >= 4 is 27.7 Å². The van der Waals surface area contributed by atoms with Crippen LogP contribution in [0.15, 0.2) is 10.6 Å². The minimum Gasteiger partial charge on any atom is -0.360 e. The summed E-state index contributed by atoms with van der Waals surface area (Å²) in [6.07, 6.45) is 0.739. The van der Waals surface area contributed by atoms with Crippen LogP contribution in [0.4, 0.5) is 5.82 Å². The SMILES string of the molecule is CC[C@H](Br)C(=O)Nc1cc(C)on1. The number of aromatic nitrogens is 1. The number of nitrogens with zero attached hydrogens (tertiary/aromatic N) is 1. The highest BCUT2D eigenvalue weighted by atomic mass is 79.9. The summed E-state index contributed by atoms with van der Waals surface area (Å²) < 4.78 is 4.80. The summed E-state index contributed by atoms with van der Waals surface area (Å²) in [6, 6.07) is 1.67. The van der Waals surface area contributed by atoms with Crippen LogP contribution in [0, 0.1) is 6.92 Å². The van der Waals surface area contributed by atoms with Crippen LogP contribution in [0.25, 0.3) is 0 Å². The molecule has 0 aliphatic rings. The number of anilines is 1. The maximum absolute atomic E-state index is 11.3. The molecule has 1 heterocycles. The third-order valence-electron chi connectivity index (χ3n) is 1.52. The summed E-state index contributed by atoms with van der Waals surface area (Å²) in [4.78, 5) is 11.1. The van der Waals surface area contributed by atoms with Gasteiger partial charge in [-0.2, -0.15) is 0 Å². The van der Waals surface area contributed by atoms with Gasteiger partial charge in [-0.15, -0.1) is 0 Å². The summed E-state index contributed by atoms with van der Waals surface area (Å²) in [7, 11) is 0. The van der Waals surface area contributed by atoms with Crippen LogP contribution in [0.2, 0.25) is 0 Å². The highest BCUT2D eigenvalue weighted by Gasteiger charge is 2.13. The van der Waals surface area contributed by atoms with Crippen molar-refractivity contribution in [3.8, 4) is 0 Å². The molecule has 0 aliphatic carbocycles. The lowest BCUT2D eigenvalue weighted by Crippen LogP contribution is -2.22. The van der Waals surface area contributed by atoms with Gasteiger partial charge >= 0.3 is 0 Å². The summed E-state index contributed by atoms with van der Waals surface area (Å²) in [5.74, 6) is 1.04. The molecule has 0 radical (unpaired) electrons. The van der Waals surface area contributed by atoms with Gasteiger partial charge in [0.25, 0.3) is 0 Å². The smallest absolute Gasteiger partial charge is 0.239 e. The first kappa shape index (κ1) is 10.2. The van der Waals surface area contributed by atoms with Gasteiger partial charge in [0.1, 0.15) is 5.76 Å². The second kappa shape index (κ2) is 4.41. The van der Waals surface area contributed by atoms with E-state index in [1.54, 1.807) is 13.0 Å². The lowest BCUT2D eigenvalue weighted by atomic mass is 10.3. The molecule has 5 heteroatoms. The van der Waals surface area contributed by atoms with Crippen LogP contribution in [0.1, 0.15) is 19.1 Å². The zero-order chi connectivity index (χ0) is 9.84. The van der Waals surface area contributed by atoms with Gasteiger partial charge in [0.15, 0.2) is 5.82 Å². The number of carbonyl (C=O) groups is 1. The first-order valence-corrected chi connectivity index (χ1v) is 4.93. The fourth-order valence-corrected chi connectivity index (χ4v) is 0.930. The molecule has 1 aromatic heterocycles. The average Bonchev–Trinajstić information content (AvgIpc) is 2.49. The lowest BCUT2D eigenvalue weighted by Gasteiger charge is -2.04. The van der Waals surface area contributed by atoms with Crippen LogP contribution in [-0.2, 0) is 4.79 Å². The predicted octanol–water partition coefficient (Wildman–Crippen LogP) is 2.10. The molecule has 72 valence electrons. The van der Waals surface area contributed by atoms with E-state index in [4.69, 9.17) is 4.52 Å². The zero-order valence-corrected chi connectivity index (χ0v) is 9.09. The minimum absolute atomic E-state index is 0.101. The molecule has 0 saturated heterocycles. The first-order valence-electron chi connectivity index (χ1n) is 4.01. The van der Waals surface area contributed by atoms with Crippen LogP contribution in [0.5, 0.6) is 0 Å². The Morgan fingerprint density at radius 3 is 3.00 bits per heavy atom. The minimum atomic E-state index is -0.176. The molecule has 0 saturated carbocycles. The Morgan fingerprint density at radius 1 is 1.85 bits per heavy atom. The largest absolute Gasteiger partial charge is 0.360 e. The molecule has 0 spiro atoms. The third kappa shape index (κ3) is 2.84. The fraction of sp³-hybridized carbons (Fsp3) is 0.500. The maximum atomic E-state index is 11.3. The van der Waals surface area contributed by atoms with E-state index in [0.29, 0.717) is 11.6 Å². The van der Waals surface area contributed by atoms with Gasteiger partial charge in [-0.05, 0) is 13.3 Å². The van der Waals surface area contributed by atoms with Gasteiger partial charge in [-0.25, -0.2) is 0 Å². The number of nitrogens with one attached hydrogen (secondary N) is 1. The third-order valence-corrected chi connectivity index (χ3v) is 2.59. The van der Waals surface area contributed by atoms with E-state index in [1.807, 2.05) is 6.92 Å². The summed E-state index contributed by atoms with van der Waals surface area (Å²) in [5, 5.41) is 6.27. The fourth-order valence-electron chi connectivity index (χ4n) is 0.815. The number of hydrogen-bond donors (Lipinski definition) is 1. The van der Waals surface area contributed by atoms with E-state index in [1.165, 1.54) is 0 Å². The van der Waals surface area contributed by atoms with Crippen molar-refractivity contribution in [1.82, 2.24) is 5.16 Å². The number of aryl methyl sites for hydroxylation is 1. The van der Waals surface area contributed by atoms with Gasteiger partial charge in [0, 0.05) is 6.07 Å². The maximum Gasteiger partial charge on any atom is 0.239 e. The van der Waals surface area contributed by atoms with Gasteiger partial charge in [-0.1, -0.05) is 28.0 Å². The van der Waals surface area contributed by atoms with E-state index in [-0.39, 0.29) is 10.7 Å². The van der Waals surface area contributed by atoms with Crippen molar-refractivity contribution in [1.29, 1.82) is 0 Å². The van der Waals surface area contributed by atoms with Crippen LogP contribution < -0.4 is 5.32 Å². The number of halogens is 1. The quantitative estimate of drug-likeness (QED) is 0.832. The van der Waals surface area contributed by atoms with E-state index in [2.05, 4.69) is 26.4 Å². The molecule has 1 rings (SSSR count). The molecule has 13 heavy (non-hydrogen) atoms. The Labute approximate surface area is 84.8 Å². The lowest BCUT2D eigenvalue weighted by molar-refractivity contribution is -0.115. The van der Waals surface area contributed by atoms with Crippen molar-refractivity contribution in [3.63, 3.8) is 0 Å². The number of carbonyl (C=O) groups excluding carboxylic acids is 1. The van der Waals surface area contributed by atoms with Gasteiger partial charge in [0.2, 0.25) is 5.91 Å². The molecule has 1 N–H and O–H groups in total. The van der Waals surface area contributed by atoms with Crippen molar-refractivity contribution in [2.45, 2.75) is 25.1 Å². The second-order valence-corrected chi connectivity index (χ2v) is 3.79. The van der Waals surface area contributed by atoms with E-state index >= 15 is 0 Å². The highest BCUT2D eigenvalue weighted by molar-refractivity contribution is 9.10. The van der Waals surface area contributed by atoms with E-state index < -0.39 is 0 Å². The van der Waals surface area contributed by atoms with E-state index in [0.717, 1.165) is 6.42 Å². The van der Waals surface area contributed by atoms with Gasteiger partial charge < -0.3 is 9.84 Å². The summed E-state index contributed by atoms with van der Waals surface area (Å²) in [5.41, 5.74) is 0. The Bertz CT molecular complexity index is 298. The average molecular weight is 247 g/mol. The normalized spacial score (nSPS) is 12.5. The molecule has 0 unspecified atom stereocenters. The summed E-state index contributed by atoms with van der Waals surface area (Å²) in [6.45, 7) is 3.70. The molecule has 1 amide bonds. The monoisotopic (exact) mass is 246 g/mol. The van der Waals surface area contributed by atoms with Crippen molar-refractivity contribution < 1.29 is 9.32 Å². The Morgan fingerprint density at radius 2 is 2.54 bits per heavy atom. The highest BCUT2D eigenvalue weighted by Crippen LogP contribution is 2.11. The van der Waals surface area contributed by atoms with Crippen LogP contribution in [0.3, 0.4) is 0 Å². The van der Waals surface area contributed by atoms with Gasteiger partial charge in [0.05, 0.1) is 4.83 Å². The molecule has 1 atom stereocenters. The second-order valence-electron chi connectivity index (χ2n) is 2.69. The molecule has 1 aromatic rings. The predicted molar refractivity (Wildman–Crippen MR) is 52.9 cm³/mol. The molecule has 0 aromatic carbocycles. The van der Waals surface area contributed by atoms with Crippen LogP contribution in [-0.4, -0.2) is 15.9 Å². The van der Waals surface area contributed by atoms with Crippen molar-refractivity contribution in [3.05, 3.63) is 11.8 Å². The number of alkyl halides is 1. The van der Waals surface area contributed by atoms with Crippen LogP contribution >= 0.6 is 15.9 Å². The Balaban J connectivity index is 2.54. The molecule has 0 bridgehead atoms. The zero-order valence-electron chi connectivity index (χ0n) is 7.50. The number of rotatable bonds is 3. The van der Waals surface area contributed by atoms with Gasteiger partial charge in [-0.3, -0.25) is 4.79 Å². The number of amides is 1.